The van der Waals surface area contributed by atoms with E-state index in [-0.39, 0.29) is 23.5 Å². The maximum atomic E-state index is 12.4. The van der Waals surface area contributed by atoms with E-state index in [1.807, 2.05) is 0 Å². The number of fused-ring (bicyclic) bond motifs is 1. The van der Waals surface area contributed by atoms with Crippen molar-refractivity contribution in [1.82, 2.24) is 19.5 Å². The van der Waals surface area contributed by atoms with E-state index in [9.17, 15) is 33.3 Å². The number of ether oxygens (including phenoxy) is 3. The van der Waals surface area contributed by atoms with Gasteiger partial charge >= 0.3 is 27.6 Å². The number of nitrogen functional groups attached to an aromatic ring is 1. The Labute approximate surface area is 207 Å². The molecular weight excluding hydrogens is 548 g/mol. The van der Waals surface area contributed by atoms with Gasteiger partial charge in [-0.25, -0.2) is 23.7 Å². The van der Waals surface area contributed by atoms with Crippen LogP contribution in [-0.4, -0.2) is 87.5 Å². The molecule has 1 saturated heterocycles. The Morgan fingerprint density at radius 1 is 1.16 bits per heavy atom. The second kappa shape index (κ2) is 11.8. The van der Waals surface area contributed by atoms with Crippen molar-refractivity contribution in [1.29, 1.82) is 0 Å². The second-order valence-electron chi connectivity index (χ2n) is 7.22. The van der Waals surface area contributed by atoms with Gasteiger partial charge in [-0.2, -0.15) is 4.98 Å². The Kier molecular flexibility index (Phi) is 9.17. The first-order chi connectivity index (χ1) is 17.3. The number of phosphoric acid groups is 2. The van der Waals surface area contributed by atoms with Crippen LogP contribution in [0.5, 0.6) is 0 Å². The van der Waals surface area contributed by atoms with Crippen molar-refractivity contribution in [2.45, 2.75) is 24.9 Å². The summed E-state index contributed by atoms with van der Waals surface area (Å²) in [5, 5.41) is 0. The van der Waals surface area contributed by atoms with Gasteiger partial charge < -0.3 is 29.7 Å². The predicted molar refractivity (Wildman–Crippen MR) is 117 cm³/mol. The van der Waals surface area contributed by atoms with Crippen LogP contribution in [0.2, 0.25) is 0 Å². The third-order valence-corrected chi connectivity index (χ3v) is 6.68. The molecule has 0 saturated carbocycles. The van der Waals surface area contributed by atoms with E-state index in [0.29, 0.717) is 0 Å². The smallest absolute Gasteiger partial charge is 0.467 e. The van der Waals surface area contributed by atoms with Crippen molar-refractivity contribution in [3.8, 4) is 0 Å². The number of phosphoric ester groups is 2. The molecule has 1 aliphatic heterocycles. The monoisotopic (exact) mass is 571 g/mol. The van der Waals surface area contributed by atoms with Gasteiger partial charge in [0.2, 0.25) is 5.95 Å². The number of esters is 2. The highest BCUT2D eigenvalue weighted by atomic mass is 31.2. The number of nitrogens with zero attached hydrogens (tertiary/aromatic N) is 3. The molecule has 0 aliphatic carbocycles. The summed E-state index contributed by atoms with van der Waals surface area (Å²) in [6.07, 6.45) is -2.72. The minimum absolute atomic E-state index is 0.00920. The molecule has 3 heterocycles. The molecule has 0 bridgehead atoms. The van der Waals surface area contributed by atoms with Crippen molar-refractivity contribution in [2.24, 2.45) is 0 Å². The van der Waals surface area contributed by atoms with E-state index < -0.39 is 71.4 Å². The first-order valence-electron chi connectivity index (χ1n) is 10.1. The van der Waals surface area contributed by atoms with Gasteiger partial charge in [0, 0.05) is 6.42 Å². The van der Waals surface area contributed by atoms with Gasteiger partial charge in [0.1, 0.15) is 18.4 Å². The number of hydrogen-bond donors (Lipinski definition) is 4. The maximum absolute atomic E-state index is 12.4. The summed E-state index contributed by atoms with van der Waals surface area (Å²) in [7, 11) is -7.62. The first-order valence-corrected chi connectivity index (χ1v) is 13.1. The van der Waals surface area contributed by atoms with Crippen molar-refractivity contribution >= 4 is 44.7 Å². The summed E-state index contributed by atoms with van der Waals surface area (Å²) in [6, 6.07) is 0. The Morgan fingerprint density at radius 2 is 1.78 bits per heavy atom. The molecule has 19 nitrogen and oxygen atoms in total. The lowest BCUT2D eigenvalue weighted by molar-refractivity contribution is -0.144. The normalized spacial score (nSPS) is 22.9. The average molecular weight is 571 g/mol. The molecule has 2 unspecified atom stereocenters. The molecule has 206 valence electrons. The van der Waals surface area contributed by atoms with Crippen LogP contribution in [0, 0.1) is 0 Å². The minimum atomic E-state index is -4.88. The molecule has 2 aromatic rings. The summed E-state index contributed by atoms with van der Waals surface area (Å²) in [6.45, 7) is -2.54. The zero-order chi connectivity index (χ0) is 27.4. The molecule has 5 N–H and O–H groups in total. The average Bonchev–Trinajstić information content (AvgIpc) is 3.43. The molecule has 0 amide bonds. The Hall–Kier alpha value is -2.73. The number of carbonyl (C=O) groups is 2. The third-order valence-electron chi connectivity index (χ3n) is 4.76. The number of imidazole rings is 1. The molecule has 3 rings (SSSR count). The van der Waals surface area contributed by atoms with E-state index in [1.165, 1.54) is 10.9 Å². The molecule has 5 atom stereocenters. The highest BCUT2D eigenvalue weighted by Gasteiger charge is 2.43. The van der Waals surface area contributed by atoms with Gasteiger partial charge in [-0.05, 0) is 0 Å². The van der Waals surface area contributed by atoms with Crippen LogP contribution in [-0.2, 0) is 51.0 Å². The quantitative estimate of drug-likeness (QED) is 0.175. The van der Waals surface area contributed by atoms with Crippen LogP contribution in [0.15, 0.2) is 11.1 Å². The van der Waals surface area contributed by atoms with Gasteiger partial charge in [-0.1, -0.05) is 0 Å². The van der Waals surface area contributed by atoms with E-state index in [1.54, 1.807) is 0 Å². The highest BCUT2D eigenvalue weighted by molar-refractivity contribution is 7.47. The standard InChI is InChI=1S/C16H23N5O14P2/c1-29-11(22)5-32-36(25,26)31-4-9-8(35-37(27,28)33-6-12(23)30-2)3-10(34-9)21-7-18-13-14(21)19-16(17)20-15(13)24/h7-10H,3-6H2,1-2H3,(H,25,26)(H,27,28)(H3,17,19,20,24)/t8-,9-,10-/m1/s1. The van der Waals surface area contributed by atoms with Gasteiger partial charge in [0.25, 0.3) is 5.56 Å². The zero-order valence-corrected chi connectivity index (χ0v) is 21.0. The van der Waals surface area contributed by atoms with Crippen molar-refractivity contribution < 1.29 is 60.8 Å². The maximum Gasteiger partial charge on any atom is 0.473 e. The number of rotatable bonds is 12. The SMILES string of the molecule is COC(=O)COP(=O)(O)OC[C@H]1O[C@@H](n2cnc3c(=O)[nH]c(N)nc32)C[C@H]1OP(=O)(O)OCC(=O)OC. The largest absolute Gasteiger partial charge is 0.473 e. The fourth-order valence-electron chi connectivity index (χ4n) is 3.08. The highest BCUT2D eigenvalue weighted by Crippen LogP contribution is 2.50. The third kappa shape index (κ3) is 7.64. The number of aromatic amines is 1. The summed E-state index contributed by atoms with van der Waals surface area (Å²) in [5.74, 6) is -2.12. The van der Waals surface area contributed by atoms with Crippen molar-refractivity contribution in [2.75, 3.05) is 39.8 Å². The Morgan fingerprint density at radius 3 is 2.41 bits per heavy atom. The molecule has 0 aromatic carbocycles. The number of H-pyrrole nitrogens is 1. The zero-order valence-electron chi connectivity index (χ0n) is 19.2. The number of aromatic nitrogens is 4. The fourth-order valence-corrected chi connectivity index (χ4v) is 4.65. The molecule has 0 spiro atoms. The van der Waals surface area contributed by atoms with Gasteiger partial charge in [-0.15, -0.1) is 0 Å². The molecule has 21 heteroatoms. The lowest BCUT2D eigenvalue weighted by Gasteiger charge is -2.21. The lowest BCUT2D eigenvalue weighted by Crippen LogP contribution is -2.29. The minimum Gasteiger partial charge on any atom is -0.467 e. The van der Waals surface area contributed by atoms with Crippen LogP contribution in [0.3, 0.4) is 0 Å². The predicted octanol–water partition coefficient (Wildman–Crippen LogP) is -1.03. The van der Waals surface area contributed by atoms with E-state index in [2.05, 4.69) is 33.5 Å². The van der Waals surface area contributed by atoms with Gasteiger partial charge in [0.15, 0.2) is 24.4 Å². The molecule has 1 fully saturated rings. The number of nitrogens with two attached hydrogens (primary N) is 1. The molecule has 37 heavy (non-hydrogen) atoms. The van der Waals surface area contributed by atoms with Crippen LogP contribution >= 0.6 is 15.6 Å². The summed E-state index contributed by atoms with van der Waals surface area (Å²) < 4.78 is 59.2. The van der Waals surface area contributed by atoms with Crippen LogP contribution < -0.4 is 11.3 Å². The number of carbonyl (C=O) groups excluding carboxylic acids is 2. The van der Waals surface area contributed by atoms with Crippen LogP contribution in [0.4, 0.5) is 5.95 Å². The summed E-state index contributed by atoms with van der Waals surface area (Å²) >= 11 is 0. The van der Waals surface area contributed by atoms with Gasteiger partial charge in [0.05, 0.1) is 27.2 Å². The number of hydrogen-bond acceptors (Lipinski definition) is 15. The van der Waals surface area contributed by atoms with E-state index >= 15 is 0 Å². The number of anilines is 1. The lowest BCUT2D eigenvalue weighted by atomic mass is 10.2. The Balaban J connectivity index is 1.80. The summed E-state index contributed by atoms with van der Waals surface area (Å²) in [4.78, 5) is 64.5. The molecular formula is C16H23N5O14P2. The topological polar surface area (TPSA) is 263 Å². The number of nitrogens with one attached hydrogen (secondary N) is 1. The molecule has 0 radical (unpaired) electrons. The first kappa shape index (κ1) is 28.8. The van der Waals surface area contributed by atoms with Crippen LogP contribution in [0.25, 0.3) is 11.2 Å². The fraction of sp³-hybridized carbons (Fsp3) is 0.562. The van der Waals surface area contributed by atoms with Crippen LogP contribution in [0.1, 0.15) is 12.6 Å². The second-order valence-corrected chi connectivity index (χ2v) is 10.1. The molecule has 1 aliphatic rings. The molecule has 2 aromatic heterocycles. The Bertz CT molecular complexity index is 1300. The van der Waals surface area contributed by atoms with E-state index in [4.69, 9.17) is 19.5 Å². The van der Waals surface area contributed by atoms with E-state index in [0.717, 1.165) is 14.2 Å². The van der Waals surface area contributed by atoms with Crippen molar-refractivity contribution in [3.63, 3.8) is 0 Å². The summed E-state index contributed by atoms with van der Waals surface area (Å²) in [5.41, 5.74) is 4.88. The van der Waals surface area contributed by atoms with Gasteiger partial charge in [-0.3, -0.25) is 32.4 Å². The number of methoxy groups -OCH3 is 2. The van der Waals surface area contributed by atoms with Crippen molar-refractivity contribution in [3.05, 3.63) is 16.7 Å².